The third kappa shape index (κ3) is 7.28. The van der Waals surface area contributed by atoms with Crippen molar-refractivity contribution in [3.05, 3.63) is 30.1 Å². The van der Waals surface area contributed by atoms with E-state index < -0.39 is 0 Å². The molecule has 2 aliphatic rings. The predicted molar refractivity (Wildman–Crippen MR) is 137 cm³/mol. The molecule has 2 heterocycles. The molecule has 2 fully saturated rings. The van der Waals surface area contributed by atoms with E-state index in [9.17, 15) is 4.79 Å². The van der Waals surface area contributed by atoms with Crippen molar-refractivity contribution in [2.45, 2.75) is 50.2 Å². The first kappa shape index (κ1) is 25.2. The Morgan fingerprint density at radius 2 is 2.13 bits per heavy atom. The highest BCUT2D eigenvalue weighted by atomic mass is 127. The van der Waals surface area contributed by atoms with Crippen molar-refractivity contribution in [1.82, 2.24) is 20.1 Å². The Bertz CT molecular complexity index is 676. The molecule has 8 heteroatoms. The lowest BCUT2D eigenvalue weighted by molar-refractivity contribution is -0.128. The maximum Gasteiger partial charge on any atom is 0.244 e. The highest BCUT2D eigenvalue weighted by Gasteiger charge is 2.38. The van der Waals surface area contributed by atoms with Crippen LogP contribution in [0, 0.1) is 0 Å². The number of hydrogen-bond acceptors (Lipinski definition) is 4. The van der Waals surface area contributed by atoms with Crippen LogP contribution in [0.5, 0.6) is 0 Å². The predicted octanol–water partition coefficient (Wildman–Crippen LogP) is 3.42. The molecule has 1 spiro atoms. The van der Waals surface area contributed by atoms with Crippen LogP contribution in [0.25, 0.3) is 0 Å². The van der Waals surface area contributed by atoms with Crippen molar-refractivity contribution >= 4 is 47.6 Å². The normalized spacial score (nSPS) is 18.6. The van der Waals surface area contributed by atoms with Gasteiger partial charge in [0.1, 0.15) is 6.54 Å². The maximum absolute atomic E-state index is 12.6. The van der Waals surface area contributed by atoms with Gasteiger partial charge in [-0.3, -0.25) is 9.78 Å². The molecule has 3 rings (SSSR count). The minimum Gasteiger partial charge on any atom is -0.357 e. The number of hydrogen-bond donors (Lipinski definition) is 1. The van der Waals surface area contributed by atoms with Gasteiger partial charge in [-0.1, -0.05) is 25.3 Å². The van der Waals surface area contributed by atoms with Crippen LogP contribution in [0.1, 0.15) is 44.7 Å². The van der Waals surface area contributed by atoms with E-state index in [-0.39, 0.29) is 36.4 Å². The molecule has 6 nitrogen and oxygen atoms in total. The summed E-state index contributed by atoms with van der Waals surface area (Å²) < 4.78 is 0.385. The fourth-order valence-corrected chi connectivity index (χ4v) is 5.74. The average Bonchev–Trinajstić information content (AvgIpc) is 2.76. The number of guanidine groups is 1. The van der Waals surface area contributed by atoms with E-state index >= 15 is 0 Å². The minimum absolute atomic E-state index is 0. The highest BCUT2D eigenvalue weighted by Crippen LogP contribution is 2.42. The van der Waals surface area contributed by atoms with Crippen molar-refractivity contribution < 1.29 is 4.79 Å². The molecule has 30 heavy (non-hydrogen) atoms. The SMILES string of the molecule is CCNC(=NCC(=O)N(C)CCc1ccccn1)N1CCSC2(CCCCC2)C1.I. The standard InChI is InChI=1S/C22H35N5OS.HI/c1-3-23-21(27-15-16-29-22(18-27)11-6-4-7-12-22)25-17-20(28)26(2)14-10-19-9-5-8-13-24-19;/h5,8-9,13H,3-4,6-7,10-12,14-18H2,1-2H3,(H,23,25);1H. The molecule has 1 amide bonds. The molecule has 0 aromatic carbocycles. The first-order valence-electron chi connectivity index (χ1n) is 10.9. The fraction of sp³-hybridized carbons (Fsp3) is 0.682. The number of aromatic nitrogens is 1. The zero-order valence-corrected chi connectivity index (χ0v) is 21.5. The van der Waals surface area contributed by atoms with E-state index in [4.69, 9.17) is 4.99 Å². The molecule has 1 aliphatic carbocycles. The maximum atomic E-state index is 12.6. The van der Waals surface area contributed by atoms with Crippen molar-refractivity contribution in [2.75, 3.05) is 45.5 Å². The Morgan fingerprint density at radius 1 is 1.33 bits per heavy atom. The minimum atomic E-state index is 0. The monoisotopic (exact) mass is 545 g/mol. The summed E-state index contributed by atoms with van der Waals surface area (Å²) >= 11 is 2.15. The number of thioether (sulfide) groups is 1. The van der Waals surface area contributed by atoms with Crippen LogP contribution in [0.2, 0.25) is 0 Å². The van der Waals surface area contributed by atoms with Crippen LogP contribution < -0.4 is 5.32 Å². The van der Waals surface area contributed by atoms with Gasteiger partial charge < -0.3 is 15.1 Å². The van der Waals surface area contributed by atoms with Crippen LogP contribution >= 0.6 is 35.7 Å². The molecular formula is C22H36IN5OS. The van der Waals surface area contributed by atoms with Crippen molar-refractivity contribution in [3.8, 4) is 0 Å². The fourth-order valence-electron chi connectivity index (χ4n) is 4.17. The molecule has 0 bridgehead atoms. The molecule has 1 saturated carbocycles. The van der Waals surface area contributed by atoms with Crippen molar-refractivity contribution in [3.63, 3.8) is 0 Å². The summed E-state index contributed by atoms with van der Waals surface area (Å²) in [5.74, 6) is 2.09. The molecule has 0 atom stereocenters. The Kier molecular flexibility index (Phi) is 10.7. The highest BCUT2D eigenvalue weighted by molar-refractivity contribution is 14.0. The summed E-state index contributed by atoms with van der Waals surface area (Å²) in [6.07, 6.45) is 9.22. The number of carbonyl (C=O) groups excluding carboxylic acids is 1. The summed E-state index contributed by atoms with van der Waals surface area (Å²) in [7, 11) is 1.85. The third-order valence-electron chi connectivity index (χ3n) is 5.87. The first-order valence-corrected chi connectivity index (χ1v) is 11.9. The Labute approximate surface area is 202 Å². The number of likely N-dealkylation sites (N-methyl/N-ethyl adjacent to an activating group) is 1. The number of nitrogens with zero attached hydrogens (tertiary/aromatic N) is 4. The summed E-state index contributed by atoms with van der Waals surface area (Å²) in [4.78, 5) is 25.8. The van der Waals surface area contributed by atoms with Crippen LogP contribution in [0.3, 0.4) is 0 Å². The first-order chi connectivity index (χ1) is 14.1. The average molecular weight is 546 g/mol. The molecule has 168 valence electrons. The molecule has 0 radical (unpaired) electrons. The van der Waals surface area contributed by atoms with Gasteiger partial charge in [-0.2, -0.15) is 11.8 Å². The molecule has 1 aromatic heterocycles. The lowest BCUT2D eigenvalue weighted by Gasteiger charge is -2.45. The van der Waals surface area contributed by atoms with E-state index in [2.05, 4.69) is 33.9 Å². The van der Waals surface area contributed by atoms with Gasteiger partial charge in [0.25, 0.3) is 0 Å². The van der Waals surface area contributed by atoms with E-state index in [0.717, 1.165) is 43.5 Å². The van der Waals surface area contributed by atoms with Crippen molar-refractivity contribution in [2.24, 2.45) is 4.99 Å². The molecule has 1 aliphatic heterocycles. The van der Waals surface area contributed by atoms with Crippen LogP contribution in [-0.2, 0) is 11.2 Å². The van der Waals surface area contributed by atoms with Crippen LogP contribution in [0.15, 0.2) is 29.4 Å². The second kappa shape index (κ2) is 12.7. The van der Waals surface area contributed by atoms with Crippen LogP contribution in [0.4, 0.5) is 0 Å². The molecular weight excluding hydrogens is 509 g/mol. The van der Waals surface area contributed by atoms with Crippen LogP contribution in [-0.4, -0.2) is 76.9 Å². The van der Waals surface area contributed by atoms with Crippen molar-refractivity contribution in [1.29, 1.82) is 0 Å². The number of rotatable bonds is 6. The molecule has 1 N–H and O–H groups in total. The number of pyridine rings is 1. The van der Waals surface area contributed by atoms with Gasteiger partial charge in [-0.05, 0) is 31.9 Å². The van der Waals surface area contributed by atoms with Gasteiger partial charge in [0.2, 0.25) is 5.91 Å². The molecule has 0 unspecified atom stereocenters. The third-order valence-corrected chi connectivity index (χ3v) is 7.40. The van der Waals surface area contributed by atoms with Gasteiger partial charge in [-0.15, -0.1) is 24.0 Å². The number of carbonyl (C=O) groups is 1. The van der Waals surface area contributed by atoms with E-state index in [0.29, 0.717) is 11.3 Å². The van der Waals surface area contributed by atoms with E-state index in [1.165, 1.54) is 32.1 Å². The largest absolute Gasteiger partial charge is 0.357 e. The molecule has 1 saturated heterocycles. The topological polar surface area (TPSA) is 60.8 Å². The van der Waals surface area contributed by atoms with E-state index in [1.807, 2.05) is 25.2 Å². The Morgan fingerprint density at radius 3 is 2.83 bits per heavy atom. The van der Waals surface area contributed by atoms with Gasteiger partial charge >= 0.3 is 0 Å². The van der Waals surface area contributed by atoms with Gasteiger partial charge in [0.15, 0.2) is 5.96 Å². The second-order valence-corrected chi connectivity index (χ2v) is 9.63. The second-order valence-electron chi connectivity index (χ2n) is 8.07. The smallest absolute Gasteiger partial charge is 0.244 e. The number of nitrogens with one attached hydrogen (secondary N) is 1. The number of amides is 1. The Balaban J connectivity index is 0.00000320. The zero-order valence-electron chi connectivity index (χ0n) is 18.3. The van der Waals surface area contributed by atoms with Gasteiger partial charge in [-0.25, -0.2) is 4.99 Å². The lowest BCUT2D eigenvalue weighted by Crippen LogP contribution is -2.53. The number of halogens is 1. The summed E-state index contributed by atoms with van der Waals surface area (Å²) in [5.41, 5.74) is 1.01. The number of aliphatic imine (C=N–C) groups is 1. The quantitative estimate of drug-likeness (QED) is 0.338. The molecule has 1 aromatic rings. The summed E-state index contributed by atoms with van der Waals surface area (Å²) in [6, 6.07) is 5.88. The summed E-state index contributed by atoms with van der Waals surface area (Å²) in [5, 5.41) is 3.41. The summed E-state index contributed by atoms with van der Waals surface area (Å²) in [6.45, 7) is 5.81. The zero-order chi connectivity index (χ0) is 20.5. The van der Waals surface area contributed by atoms with Gasteiger partial charge in [0.05, 0.1) is 0 Å². The lowest BCUT2D eigenvalue weighted by atomic mass is 9.87. The van der Waals surface area contributed by atoms with E-state index in [1.54, 1.807) is 11.1 Å². The van der Waals surface area contributed by atoms with Gasteiger partial charge in [0, 0.05) is 62.0 Å². The Hall–Kier alpha value is -1.03.